The zero-order chi connectivity index (χ0) is 29.1. The summed E-state index contributed by atoms with van der Waals surface area (Å²) in [6, 6.07) is 21.0. The van der Waals surface area contributed by atoms with E-state index in [2.05, 4.69) is 85.3 Å². The molecule has 0 spiro atoms. The van der Waals surface area contributed by atoms with Gasteiger partial charge in [-0.25, -0.2) is 0 Å². The Morgan fingerprint density at radius 3 is 1.40 bits per heavy atom. The van der Waals surface area contributed by atoms with Crippen molar-refractivity contribution in [1.29, 1.82) is 0 Å². The van der Waals surface area contributed by atoms with Gasteiger partial charge in [0.1, 0.15) is 0 Å². The Morgan fingerprint density at radius 2 is 1.02 bits per heavy atom. The second-order valence-corrected chi connectivity index (χ2v) is 13.1. The predicted molar refractivity (Wildman–Crippen MR) is 179 cm³/mol. The van der Waals surface area contributed by atoms with Crippen LogP contribution >= 0.6 is 22.7 Å². The first-order chi connectivity index (χ1) is 20.6. The molecule has 0 saturated heterocycles. The molecular formula is C36H38N2O2S2. The zero-order valence-electron chi connectivity index (χ0n) is 24.5. The van der Waals surface area contributed by atoms with Gasteiger partial charge in [-0.1, -0.05) is 88.8 Å². The lowest BCUT2D eigenvalue weighted by molar-refractivity contribution is -0.114. The summed E-state index contributed by atoms with van der Waals surface area (Å²) < 4.78 is 0. The lowest BCUT2D eigenvalue weighted by atomic mass is 9.95. The van der Waals surface area contributed by atoms with Crippen LogP contribution in [0.25, 0.3) is 32.0 Å². The van der Waals surface area contributed by atoms with Crippen molar-refractivity contribution in [1.82, 2.24) is 0 Å². The van der Waals surface area contributed by atoms with E-state index >= 15 is 0 Å². The molecule has 0 atom stereocenters. The van der Waals surface area contributed by atoms with Crippen molar-refractivity contribution in [2.24, 2.45) is 0 Å². The number of hydrogen-bond donors (Lipinski definition) is 0. The van der Waals surface area contributed by atoms with Crippen molar-refractivity contribution >= 4 is 57.0 Å². The number of rotatable bonds is 12. The Balaban J connectivity index is 1.46. The average Bonchev–Trinajstić information content (AvgIpc) is 3.81. The Labute approximate surface area is 257 Å². The van der Waals surface area contributed by atoms with Crippen molar-refractivity contribution in [3.63, 3.8) is 0 Å². The summed E-state index contributed by atoms with van der Waals surface area (Å²) in [4.78, 5) is 34.9. The molecule has 4 aromatic rings. The molecule has 2 aliphatic rings. The van der Waals surface area contributed by atoms with Gasteiger partial charge in [-0.05, 0) is 59.0 Å². The first-order valence-corrected chi connectivity index (χ1v) is 17.1. The molecular weight excluding hydrogens is 557 g/mol. The average molecular weight is 595 g/mol. The summed E-state index contributed by atoms with van der Waals surface area (Å²) in [5, 5.41) is 4.16. The molecule has 2 aromatic carbocycles. The zero-order valence-corrected chi connectivity index (χ0v) is 26.2. The molecule has 2 aromatic heterocycles. The molecule has 216 valence electrons. The van der Waals surface area contributed by atoms with Gasteiger partial charge in [0.2, 0.25) is 0 Å². The fourth-order valence-electron chi connectivity index (χ4n) is 6.16. The van der Waals surface area contributed by atoms with Crippen LogP contribution < -0.4 is 9.80 Å². The van der Waals surface area contributed by atoms with Crippen LogP contribution in [-0.2, 0) is 9.59 Å². The van der Waals surface area contributed by atoms with Crippen molar-refractivity contribution in [3.8, 4) is 20.9 Å². The Kier molecular flexibility index (Phi) is 8.73. The van der Waals surface area contributed by atoms with Gasteiger partial charge in [-0.2, -0.15) is 0 Å². The smallest absolute Gasteiger partial charge is 0.259 e. The number of amides is 2. The minimum Gasteiger partial charge on any atom is -0.308 e. The third kappa shape index (κ3) is 5.38. The summed E-state index contributed by atoms with van der Waals surface area (Å²) in [6.45, 7) is 5.73. The van der Waals surface area contributed by atoms with Crippen LogP contribution in [0.1, 0.15) is 76.3 Å². The lowest BCUT2D eigenvalue weighted by Gasteiger charge is -2.18. The van der Waals surface area contributed by atoms with Crippen LogP contribution in [0.3, 0.4) is 0 Å². The van der Waals surface area contributed by atoms with Gasteiger partial charge in [0.25, 0.3) is 11.8 Å². The second-order valence-electron chi connectivity index (χ2n) is 11.2. The maximum atomic E-state index is 14.3. The van der Waals surface area contributed by atoms with Gasteiger partial charge in [-0.15, -0.1) is 22.7 Å². The highest BCUT2D eigenvalue weighted by Crippen LogP contribution is 2.48. The number of carbonyl (C=O) groups is 2. The number of unbranched alkanes of at least 4 members (excludes halogenated alkanes) is 6. The fourth-order valence-corrected chi connectivity index (χ4v) is 7.61. The molecule has 0 unspecified atom stereocenters. The number of hydrogen-bond acceptors (Lipinski definition) is 4. The quantitative estimate of drug-likeness (QED) is 0.121. The summed E-state index contributed by atoms with van der Waals surface area (Å²) in [5.74, 6) is -0.0939. The van der Waals surface area contributed by atoms with Crippen LogP contribution in [0, 0.1) is 0 Å². The fraction of sp³-hybridized carbons (Fsp3) is 0.333. The Hall–Kier alpha value is -3.48. The van der Waals surface area contributed by atoms with Crippen LogP contribution in [0.15, 0.2) is 71.4 Å². The second kappa shape index (κ2) is 12.8. The van der Waals surface area contributed by atoms with Crippen LogP contribution in [-0.4, -0.2) is 24.9 Å². The van der Waals surface area contributed by atoms with Crippen molar-refractivity contribution in [2.75, 3.05) is 22.9 Å². The summed E-state index contributed by atoms with van der Waals surface area (Å²) >= 11 is 3.40. The third-order valence-corrected chi connectivity index (χ3v) is 10.2. The van der Waals surface area contributed by atoms with Gasteiger partial charge >= 0.3 is 0 Å². The SMILES string of the molecule is CCCCCCN1C(=O)C(=C2C(=O)N(CCCCCC)c3cc(-c4cccs4)ccc32)c2ccc(-c3cccs3)cc21. The molecule has 2 aliphatic heterocycles. The normalized spacial score (nSPS) is 16.0. The molecule has 0 fully saturated rings. The van der Waals surface area contributed by atoms with Crippen molar-refractivity contribution < 1.29 is 9.59 Å². The summed E-state index contributed by atoms with van der Waals surface area (Å²) in [7, 11) is 0. The van der Waals surface area contributed by atoms with Gasteiger partial charge in [0, 0.05) is 34.0 Å². The van der Waals surface area contributed by atoms with E-state index in [4.69, 9.17) is 0 Å². The molecule has 0 N–H and O–H groups in total. The molecule has 6 heteroatoms. The van der Waals surface area contributed by atoms with Crippen molar-refractivity contribution in [2.45, 2.75) is 65.2 Å². The number of fused-ring (bicyclic) bond motifs is 2. The minimum absolute atomic E-state index is 0.0469. The lowest BCUT2D eigenvalue weighted by Crippen LogP contribution is -2.30. The Bertz CT molecular complexity index is 1480. The Morgan fingerprint density at radius 1 is 0.571 bits per heavy atom. The molecule has 6 rings (SSSR count). The summed E-state index contributed by atoms with van der Waals surface area (Å²) in [6.07, 6.45) is 8.68. The van der Waals surface area contributed by atoms with E-state index in [1.807, 2.05) is 9.80 Å². The molecule has 0 bridgehead atoms. The number of nitrogens with zero attached hydrogens (tertiary/aromatic N) is 2. The van der Waals surface area contributed by atoms with Gasteiger partial charge in [0.15, 0.2) is 0 Å². The van der Waals surface area contributed by atoms with Gasteiger partial charge in [0.05, 0.1) is 22.5 Å². The van der Waals surface area contributed by atoms with E-state index in [0.29, 0.717) is 24.2 Å². The molecule has 4 heterocycles. The molecule has 0 aliphatic carbocycles. The molecule has 42 heavy (non-hydrogen) atoms. The van der Waals surface area contributed by atoms with E-state index in [0.717, 1.165) is 85.0 Å². The molecule has 4 nitrogen and oxygen atoms in total. The third-order valence-electron chi connectivity index (χ3n) is 8.37. The van der Waals surface area contributed by atoms with E-state index < -0.39 is 0 Å². The predicted octanol–water partition coefficient (Wildman–Crippen LogP) is 9.91. The largest absolute Gasteiger partial charge is 0.308 e. The summed E-state index contributed by atoms with van der Waals surface area (Å²) in [5.41, 5.74) is 6.94. The first kappa shape index (κ1) is 28.6. The molecule has 0 radical (unpaired) electrons. The number of anilines is 2. The van der Waals surface area contributed by atoms with Gasteiger partial charge < -0.3 is 9.80 Å². The monoisotopic (exact) mass is 594 g/mol. The topological polar surface area (TPSA) is 40.6 Å². The highest BCUT2D eigenvalue weighted by atomic mass is 32.1. The highest BCUT2D eigenvalue weighted by molar-refractivity contribution is 7.13. The van der Waals surface area contributed by atoms with Crippen molar-refractivity contribution in [3.05, 3.63) is 82.6 Å². The minimum atomic E-state index is -0.0469. The van der Waals surface area contributed by atoms with Gasteiger partial charge in [-0.3, -0.25) is 9.59 Å². The number of carbonyl (C=O) groups excluding carboxylic acids is 2. The first-order valence-electron chi connectivity index (χ1n) is 15.4. The highest BCUT2D eigenvalue weighted by Gasteiger charge is 2.42. The van der Waals surface area contributed by atoms with Crippen LogP contribution in [0.2, 0.25) is 0 Å². The van der Waals surface area contributed by atoms with E-state index in [1.54, 1.807) is 22.7 Å². The van der Waals surface area contributed by atoms with E-state index in [-0.39, 0.29) is 11.8 Å². The van der Waals surface area contributed by atoms with E-state index in [1.165, 1.54) is 9.75 Å². The molecule has 2 amide bonds. The maximum absolute atomic E-state index is 14.3. The number of thiophene rings is 2. The standard InChI is InChI=1S/C36H38N2O2S2/c1-3-5-7-9-19-37-29-23-25(31-13-11-21-41-31)15-17-27(29)33(35(37)39)34-28-18-16-26(32-14-12-22-42-32)24-30(28)38(36(34)40)20-10-8-6-4-2/h11-18,21-24H,3-10,19-20H2,1-2H3. The van der Waals surface area contributed by atoms with Crippen LogP contribution in [0.4, 0.5) is 11.4 Å². The maximum Gasteiger partial charge on any atom is 0.259 e. The number of benzene rings is 2. The van der Waals surface area contributed by atoms with Crippen LogP contribution in [0.5, 0.6) is 0 Å². The van der Waals surface area contributed by atoms with E-state index in [9.17, 15) is 9.59 Å². The molecule has 0 saturated carbocycles.